The number of hydrogen-bond acceptors (Lipinski definition) is 3. The van der Waals surface area contributed by atoms with Gasteiger partial charge < -0.3 is 14.4 Å². The number of nitrogens with zero attached hydrogens (tertiary/aromatic N) is 1. The first-order valence-electron chi connectivity index (χ1n) is 11.4. The highest BCUT2D eigenvalue weighted by Gasteiger charge is 2.23. The van der Waals surface area contributed by atoms with E-state index in [1.807, 2.05) is 71.6 Å². The minimum Gasteiger partial charge on any atom is -0.505 e. The fourth-order valence-electron chi connectivity index (χ4n) is 3.81. The summed E-state index contributed by atoms with van der Waals surface area (Å²) < 4.78 is 10.9. The number of methoxy groups -OCH3 is 1. The van der Waals surface area contributed by atoms with E-state index < -0.39 is 0 Å². The topological polar surface area (TPSA) is 38.8 Å². The van der Waals surface area contributed by atoms with Crippen molar-refractivity contribution in [2.45, 2.75) is 44.9 Å². The van der Waals surface area contributed by atoms with Crippen molar-refractivity contribution in [1.29, 1.82) is 0 Å². The smallest absolute Gasteiger partial charge is 0.410 e. The first-order chi connectivity index (χ1) is 16.2. The van der Waals surface area contributed by atoms with Gasteiger partial charge in [-0.3, -0.25) is 0 Å². The largest absolute Gasteiger partial charge is 0.505 e. The van der Waals surface area contributed by atoms with Gasteiger partial charge in [-0.05, 0) is 42.5 Å². The summed E-state index contributed by atoms with van der Waals surface area (Å²) in [6, 6.07) is 30.2. The van der Waals surface area contributed by atoms with Gasteiger partial charge in [0, 0.05) is 18.5 Å². The summed E-state index contributed by atoms with van der Waals surface area (Å²) in [6.45, 7) is 2.87. The van der Waals surface area contributed by atoms with E-state index in [9.17, 15) is 4.79 Å². The second-order valence-electron chi connectivity index (χ2n) is 8.16. The van der Waals surface area contributed by atoms with E-state index >= 15 is 0 Å². The van der Waals surface area contributed by atoms with Crippen LogP contribution in [0.4, 0.5) is 4.79 Å². The Labute approximate surface area is 197 Å². The first kappa shape index (κ1) is 24.1. The summed E-state index contributed by atoms with van der Waals surface area (Å²) in [6.07, 6.45) is 5.25. The maximum absolute atomic E-state index is 13.1. The van der Waals surface area contributed by atoms with Crippen molar-refractivity contribution in [2.75, 3.05) is 7.11 Å². The maximum atomic E-state index is 13.1. The fraction of sp³-hybridized carbons (Fsp3) is 0.276. The van der Waals surface area contributed by atoms with Crippen molar-refractivity contribution < 1.29 is 14.3 Å². The molecule has 33 heavy (non-hydrogen) atoms. The van der Waals surface area contributed by atoms with E-state index in [0.717, 1.165) is 24.0 Å². The lowest BCUT2D eigenvalue weighted by molar-refractivity contribution is 0.0777. The van der Waals surface area contributed by atoms with Crippen LogP contribution in [0.15, 0.2) is 103 Å². The molecule has 0 heterocycles. The minimum atomic E-state index is -0.293. The Kier molecular flexibility index (Phi) is 9.59. The van der Waals surface area contributed by atoms with Crippen LogP contribution in [0, 0.1) is 0 Å². The third-order valence-electron chi connectivity index (χ3n) is 5.74. The van der Waals surface area contributed by atoms with Crippen LogP contribution in [0.3, 0.4) is 0 Å². The van der Waals surface area contributed by atoms with E-state index in [2.05, 4.69) is 37.3 Å². The van der Waals surface area contributed by atoms with Gasteiger partial charge in [-0.1, -0.05) is 91.0 Å². The monoisotopic (exact) mass is 443 g/mol. The molecule has 0 spiro atoms. The molecule has 3 rings (SSSR count). The van der Waals surface area contributed by atoms with Crippen LogP contribution in [0.2, 0.25) is 0 Å². The minimum absolute atomic E-state index is 0.00985. The van der Waals surface area contributed by atoms with Crippen molar-refractivity contribution in [2.24, 2.45) is 0 Å². The van der Waals surface area contributed by atoms with Gasteiger partial charge in [0.15, 0.2) is 0 Å². The van der Waals surface area contributed by atoms with Crippen LogP contribution >= 0.6 is 0 Å². The highest BCUT2D eigenvalue weighted by atomic mass is 16.6. The summed E-state index contributed by atoms with van der Waals surface area (Å²) in [5, 5.41) is 0. The Morgan fingerprint density at radius 3 is 2.03 bits per heavy atom. The Balaban J connectivity index is 1.69. The van der Waals surface area contributed by atoms with Crippen LogP contribution in [0.25, 0.3) is 0 Å². The molecular weight excluding hydrogens is 410 g/mol. The van der Waals surface area contributed by atoms with Crippen LogP contribution in [0.1, 0.15) is 42.4 Å². The zero-order valence-electron chi connectivity index (χ0n) is 19.5. The number of benzene rings is 3. The molecule has 4 nitrogen and oxygen atoms in total. The first-order valence-corrected chi connectivity index (χ1v) is 11.4. The van der Waals surface area contributed by atoms with E-state index in [-0.39, 0.29) is 24.7 Å². The van der Waals surface area contributed by atoms with Crippen molar-refractivity contribution in [3.63, 3.8) is 0 Å². The molecule has 1 amide bonds. The van der Waals surface area contributed by atoms with Crippen molar-refractivity contribution in [1.82, 2.24) is 4.90 Å². The second kappa shape index (κ2) is 13.1. The third-order valence-corrected chi connectivity index (χ3v) is 5.74. The van der Waals surface area contributed by atoms with Gasteiger partial charge in [0.1, 0.15) is 6.61 Å². The molecule has 2 atom stereocenters. The Morgan fingerprint density at radius 2 is 1.42 bits per heavy atom. The van der Waals surface area contributed by atoms with Gasteiger partial charge in [0.2, 0.25) is 0 Å². The number of rotatable bonds is 11. The highest BCUT2D eigenvalue weighted by Crippen LogP contribution is 2.25. The predicted molar refractivity (Wildman–Crippen MR) is 133 cm³/mol. The molecule has 0 aliphatic rings. The molecule has 0 radical (unpaired) electrons. The number of amides is 1. The molecule has 0 aliphatic heterocycles. The molecule has 0 bridgehead atoms. The number of carbonyl (C=O) groups excluding carboxylic acids is 1. The van der Waals surface area contributed by atoms with E-state index in [1.165, 1.54) is 5.56 Å². The molecule has 4 heteroatoms. The van der Waals surface area contributed by atoms with Gasteiger partial charge in [0.25, 0.3) is 0 Å². The molecule has 3 aromatic rings. The van der Waals surface area contributed by atoms with Crippen LogP contribution < -0.4 is 0 Å². The maximum Gasteiger partial charge on any atom is 0.410 e. The summed E-state index contributed by atoms with van der Waals surface area (Å²) in [4.78, 5) is 15.0. The second-order valence-corrected chi connectivity index (χ2v) is 8.16. The lowest BCUT2D eigenvalue weighted by atomic mass is 9.92. The Morgan fingerprint density at radius 1 is 0.848 bits per heavy atom. The molecular formula is C29H33NO3. The number of allylic oxidation sites excluding steroid dienone is 1. The van der Waals surface area contributed by atoms with Crippen LogP contribution in [0.5, 0.6) is 0 Å². The molecule has 0 saturated carbocycles. The summed E-state index contributed by atoms with van der Waals surface area (Å²) >= 11 is 0. The summed E-state index contributed by atoms with van der Waals surface area (Å²) in [5.41, 5.74) is 3.30. The molecule has 0 aromatic heterocycles. The van der Waals surface area contributed by atoms with Gasteiger partial charge in [-0.2, -0.15) is 0 Å². The fourth-order valence-corrected chi connectivity index (χ4v) is 3.81. The summed E-state index contributed by atoms with van der Waals surface area (Å²) in [5.74, 6) is 0.215. The van der Waals surface area contributed by atoms with Gasteiger partial charge in [-0.15, -0.1) is 0 Å². The van der Waals surface area contributed by atoms with Crippen molar-refractivity contribution in [3.8, 4) is 0 Å². The standard InChI is InChI=1S/C29H33NO3/c1-24(18-19-28(20-21-32-2)27-16-10-5-11-17-27)30(22-25-12-6-3-7-13-25)29(31)33-23-26-14-8-4-9-15-26/h3-17,20-21,24,28H,18-19,22-23H2,1-2H3/b21-20+. The number of ether oxygens (including phenoxy) is 2. The molecule has 172 valence electrons. The van der Waals surface area contributed by atoms with Gasteiger partial charge in [-0.25, -0.2) is 4.79 Å². The average molecular weight is 444 g/mol. The lowest BCUT2D eigenvalue weighted by Gasteiger charge is -2.29. The molecule has 0 N–H and O–H groups in total. The Bertz CT molecular complexity index is 974. The third kappa shape index (κ3) is 7.83. The number of hydrogen-bond donors (Lipinski definition) is 0. The summed E-state index contributed by atoms with van der Waals surface area (Å²) in [7, 11) is 1.66. The highest BCUT2D eigenvalue weighted by molar-refractivity contribution is 5.68. The molecule has 0 aliphatic carbocycles. The van der Waals surface area contributed by atoms with Crippen molar-refractivity contribution >= 4 is 6.09 Å². The molecule has 3 aromatic carbocycles. The predicted octanol–water partition coefficient (Wildman–Crippen LogP) is 6.94. The molecule has 2 unspecified atom stereocenters. The zero-order valence-corrected chi connectivity index (χ0v) is 19.5. The SMILES string of the molecule is CO/C=C/C(CCC(C)N(Cc1ccccc1)C(=O)OCc1ccccc1)c1ccccc1. The zero-order chi connectivity index (χ0) is 23.3. The molecule has 0 fully saturated rings. The molecule has 0 saturated heterocycles. The van der Waals surface area contributed by atoms with E-state index in [4.69, 9.17) is 9.47 Å². The normalized spacial score (nSPS) is 12.8. The Hall–Kier alpha value is -3.53. The van der Waals surface area contributed by atoms with Gasteiger partial charge in [0.05, 0.1) is 13.4 Å². The van der Waals surface area contributed by atoms with Crippen LogP contribution in [-0.2, 0) is 22.6 Å². The van der Waals surface area contributed by atoms with E-state index in [1.54, 1.807) is 13.4 Å². The van der Waals surface area contributed by atoms with Gasteiger partial charge >= 0.3 is 6.09 Å². The van der Waals surface area contributed by atoms with E-state index in [0.29, 0.717) is 6.54 Å². The average Bonchev–Trinajstić information content (AvgIpc) is 2.87. The van der Waals surface area contributed by atoms with Crippen molar-refractivity contribution in [3.05, 3.63) is 120 Å². The lowest BCUT2D eigenvalue weighted by Crippen LogP contribution is -2.38. The van der Waals surface area contributed by atoms with Crippen LogP contribution in [-0.4, -0.2) is 24.1 Å². The quantitative estimate of drug-likeness (QED) is 0.301. The number of carbonyl (C=O) groups is 1.